The number of para-hydroxylation sites is 1. The van der Waals surface area contributed by atoms with Gasteiger partial charge in [-0.25, -0.2) is 5.43 Å². The van der Waals surface area contributed by atoms with Crippen LogP contribution in [0.3, 0.4) is 0 Å². The molecule has 178 valence electrons. The van der Waals surface area contributed by atoms with Crippen molar-refractivity contribution < 1.29 is 4.79 Å². The van der Waals surface area contributed by atoms with Crippen LogP contribution in [0.5, 0.6) is 0 Å². The number of hydrogen-bond donors (Lipinski definition) is 1. The second kappa shape index (κ2) is 10.8. The van der Waals surface area contributed by atoms with Gasteiger partial charge in [0, 0.05) is 16.3 Å². The maximum absolute atomic E-state index is 12.6. The SMILES string of the molecule is CC(=NNC(=O)CSc1nnc(-c2ccc(Cl)cc2)n1-c1ccccc1)c1ccc2ccccc2c1. The lowest BCUT2D eigenvalue weighted by Crippen LogP contribution is -2.21. The van der Waals surface area contributed by atoms with Crippen molar-refractivity contribution in [3.63, 3.8) is 0 Å². The van der Waals surface area contributed by atoms with Crippen molar-refractivity contribution in [3.8, 4) is 17.1 Å². The highest BCUT2D eigenvalue weighted by Gasteiger charge is 2.17. The quantitative estimate of drug-likeness (QED) is 0.156. The van der Waals surface area contributed by atoms with Gasteiger partial charge in [-0.2, -0.15) is 5.10 Å². The van der Waals surface area contributed by atoms with Gasteiger partial charge in [-0.3, -0.25) is 9.36 Å². The third kappa shape index (κ3) is 5.32. The van der Waals surface area contributed by atoms with Crippen molar-refractivity contribution in [1.82, 2.24) is 20.2 Å². The van der Waals surface area contributed by atoms with Gasteiger partial charge in [-0.15, -0.1) is 10.2 Å². The van der Waals surface area contributed by atoms with Gasteiger partial charge in [0.15, 0.2) is 11.0 Å². The minimum atomic E-state index is -0.226. The molecule has 8 heteroatoms. The molecule has 5 aromatic rings. The first-order valence-electron chi connectivity index (χ1n) is 11.3. The molecule has 0 atom stereocenters. The molecule has 0 radical (unpaired) electrons. The Bertz CT molecular complexity index is 1550. The fourth-order valence-corrected chi connectivity index (χ4v) is 4.62. The number of carbonyl (C=O) groups excluding carboxylic acids is 1. The summed E-state index contributed by atoms with van der Waals surface area (Å²) in [6.07, 6.45) is 0. The van der Waals surface area contributed by atoms with E-state index in [1.807, 2.05) is 84.3 Å². The summed E-state index contributed by atoms with van der Waals surface area (Å²) >= 11 is 7.36. The van der Waals surface area contributed by atoms with E-state index in [1.165, 1.54) is 11.8 Å². The van der Waals surface area contributed by atoms with E-state index < -0.39 is 0 Å². The van der Waals surface area contributed by atoms with E-state index in [1.54, 1.807) is 0 Å². The van der Waals surface area contributed by atoms with Crippen molar-refractivity contribution in [2.75, 3.05) is 5.75 Å². The molecule has 0 fully saturated rings. The summed E-state index contributed by atoms with van der Waals surface area (Å²) in [5, 5.41) is 16.6. The van der Waals surface area contributed by atoms with Crippen LogP contribution in [0.1, 0.15) is 12.5 Å². The number of hydrogen-bond acceptors (Lipinski definition) is 5. The van der Waals surface area contributed by atoms with Crippen LogP contribution in [0.4, 0.5) is 0 Å². The van der Waals surface area contributed by atoms with E-state index >= 15 is 0 Å². The highest BCUT2D eigenvalue weighted by atomic mass is 35.5. The van der Waals surface area contributed by atoms with E-state index in [0.29, 0.717) is 16.0 Å². The van der Waals surface area contributed by atoms with Crippen LogP contribution in [0.15, 0.2) is 107 Å². The fourth-order valence-electron chi connectivity index (χ4n) is 3.75. The van der Waals surface area contributed by atoms with Gasteiger partial charge in [0.05, 0.1) is 11.5 Å². The molecule has 1 heterocycles. The number of carbonyl (C=O) groups is 1. The van der Waals surface area contributed by atoms with Crippen molar-refractivity contribution in [2.24, 2.45) is 5.10 Å². The lowest BCUT2D eigenvalue weighted by molar-refractivity contribution is -0.118. The second-order valence-electron chi connectivity index (χ2n) is 8.07. The third-order valence-corrected chi connectivity index (χ3v) is 6.78. The number of fused-ring (bicyclic) bond motifs is 1. The summed E-state index contributed by atoms with van der Waals surface area (Å²) in [4.78, 5) is 12.6. The highest BCUT2D eigenvalue weighted by molar-refractivity contribution is 7.99. The molecule has 0 aliphatic heterocycles. The van der Waals surface area contributed by atoms with E-state index in [4.69, 9.17) is 11.6 Å². The molecule has 0 aliphatic carbocycles. The van der Waals surface area contributed by atoms with Gasteiger partial charge in [0.25, 0.3) is 5.91 Å². The first-order valence-corrected chi connectivity index (χ1v) is 12.7. The zero-order valence-electron chi connectivity index (χ0n) is 19.4. The topological polar surface area (TPSA) is 72.2 Å². The molecule has 1 N–H and O–H groups in total. The summed E-state index contributed by atoms with van der Waals surface area (Å²) in [5.74, 6) is 0.585. The standard InChI is InChI=1S/C28H22ClN5OS/c1-19(22-12-11-20-7-5-6-8-23(20)17-22)30-31-26(35)18-36-28-33-32-27(21-13-15-24(29)16-14-21)34(28)25-9-3-2-4-10-25/h2-17H,18H2,1H3,(H,31,35). The van der Waals surface area contributed by atoms with Crippen LogP contribution < -0.4 is 5.43 Å². The van der Waals surface area contributed by atoms with E-state index in [0.717, 1.165) is 33.3 Å². The second-order valence-corrected chi connectivity index (χ2v) is 9.45. The zero-order chi connectivity index (χ0) is 24.9. The maximum Gasteiger partial charge on any atom is 0.250 e. The predicted octanol–water partition coefficient (Wildman–Crippen LogP) is 6.37. The number of halogens is 1. The van der Waals surface area contributed by atoms with Gasteiger partial charge in [0.1, 0.15) is 0 Å². The number of thioether (sulfide) groups is 1. The first-order chi connectivity index (χ1) is 17.6. The Morgan fingerprint density at radius 1 is 0.917 bits per heavy atom. The number of aromatic nitrogens is 3. The largest absolute Gasteiger partial charge is 0.272 e. The Labute approximate surface area is 218 Å². The Balaban J connectivity index is 1.31. The molecule has 36 heavy (non-hydrogen) atoms. The lowest BCUT2D eigenvalue weighted by Gasteiger charge is -2.10. The van der Waals surface area contributed by atoms with Gasteiger partial charge in [0.2, 0.25) is 0 Å². The van der Waals surface area contributed by atoms with Gasteiger partial charge in [-0.05, 0) is 65.7 Å². The van der Waals surface area contributed by atoms with Crippen LogP contribution in [0.25, 0.3) is 27.8 Å². The first kappa shape index (κ1) is 23.8. The van der Waals surface area contributed by atoms with E-state index in [-0.39, 0.29) is 11.7 Å². The molecule has 1 amide bonds. The Hall–Kier alpha value is -3.94. The van der Waals surface area contributed by atoms with Crippen LogP contribution in [-0.2, 0) is 4.79 Å². The molecular formula is C28H22ClN5OS. The number of hydrazone groups is 1. The molecule has 4 aromatic carbocycles. The Morgan fingerprint density at radius 2 is 1.64 bits per heavy atom. The molecule has 0 aliphatic rings. The lowest BCUT2D eigenvalue weighted by atomic mass is 10.0. The number of rotatable bonds is 7. The summed E-state index contributed by atoms with van der Waals surface area (Å²) in [7, 11) is 0. The molecular weight excluding hydrogens is 490 g/mol. The minimum Gasteiger partial charge on any atom is -0.272 e. The third-order valence-electron chi connectivity index (χ3n) is 5.60. The Morgan fingerprint density at radius 3 is 2.42 bits per heavy atom. The van der Waals surface area contributed by atoms with Gasteiger partial charge >= 0.3 is 0 Å². The van der Waals surface area contributed by atoms with Gasteiger partial charge in [-0.1, -0.05) is 78.0 Å². The molecule has 1 aromatic heterocycles. The zero-order valence-corrected chi connectivity index (χ0v) is 21.0. The van der Waals surface area contributed by atoms with Crippen LogP contribution in [0.2, 0.25) is 5.02 Å². The number of nitrogens with one attached hydrogen (secondary N) is 1. The molecule has 6 nitrogen and oxygen atoms in total. The number of nitrogens with zero attached hydrogens (tertiary/aromatic N) is 4. The van der Waals surface area contributed by atoms with Gasteiger partial charge < -0.3 is 0 Å². The predicted molar refractivity (Wildman–Crippen MR) is 147 cm³/mol. The monoisotopic (exact) mass is 511 g/mol. The molecule has 0 bridgehead atoms. The summed E-state index contributed by atoms with van der Waals surface area (Å²) in [5.41, 5.74) is 6.13. The van der Waals surface area contributed by atoms with Crippen molar-refractivity contribution >= 4 is 45.8 Å². The fraction of sp³-hybridized carbons (Fsp3) is 0.0714. The average molecular weight is 512 g/mol. The van der Waals surface area contributed by atoms with Crippen molar-refractivity contribution in [1.29, 1.82) is 0 Å². The summed E-state index contributed by atoms with van der Waals surface area (Å²) < 4.78 is 1.94. The molecule has 0 saturated carbocycles. The highest BCUT2D eigenvalue weighted by Crippen LogP contribution is 2.28. The van der Waals surface area contributed by atoms with E-state index in [2.05, 4.69) is 45.0 Å². The number of benzene rings is 4. The normalized spacial score (nSPS) is 11.6. The summed E-state index contributed by atoms with van der Waals surface area (Å²) in [6, 6.07) is 31.5. The van der Waals surface area contributed by atoms with Crippen LogP contribution in [-0.4, -0.2) is 32.1 Å². The van der Waals surface area contributed by atoms with E-state index in [9.17, 15) is 4.79 Å². The molecule has 0 unspecified atom stereocenters. The van der Waals surface area contributed by atoms with Crippen LogP contribution >= 0.6 is 23.4 Å². The van der Waals surface area contributed by atoms with Crippen LogP contribution in [0, 0.1) is 0 Å². The molecule has 0 spiro atoms. The molecule has 5 rings (SSSR count). The number of amides is 1. The van der Waals surface area contributed by atoms with Crippen molar-refractivity contribution in [2.45, 2.75) is 12.1 Å². The smallest absolute Gasteiger partial charge is 0.250 e. The minimum absolute atomic E-state index is 0.139. The van der Waals surface area contributed by atoms with Crippen molar-refractivity contribution in [3.05, 3.63) is 108 Å². The summed E-state index contributed by atoms with van der Waals surface area (Å²) in [6.45, 7) is 1.88. The maximum atomic E-state index is 12.6. The average Bonchev–Trinajstić information content (AvgIpc) is 3.35. The Kier molecular flexibility index (Phi) is 7.11. The molecule has 0 saturated heterocycles.